The molecule has 6 heteroatoms. The fraction of sp³-hybridized carbons (Fsp3) is 0.217. The predicted molar refractivity (Wildman–Crippen MR) is 114 cm³/mol. The molecule has 0 aliphatic carbocycles. The molecule has 150 valence electrons. The van der Waals surface area contributed by atoms with E-state index in [1.165, 1.54) is 11.6 Å². The van der Waals surface area contributed by atoms with Gasteiger partial charge in [0.15, 0.2) is 11.5 Å². The number of benzene rings is 2. The van der Waals surface area contributed by atoms with Gasteiger partial charge in [-0.25, -0.2) is 4.68 Å². The van der Waals surface area contributed by atoms with Gasteiger partial charge in [-0.05, 0) is 37.1 Å². The molecule has 0 saturated heterocycles. The number of anilines is 1. The summed E-state index contributed by atoms with van der Waals surface area (Å²) in [6.45, 7) is 4.51. The number of nitrogens with zero attached hydrogens (tertiary/aromatic N) is 2. The molecular formula is C23H25N3O3. The molecule has 29 heavy (non-hydrogen) atoms. The summed E-state index contributed by atoms with van der Waals surface area (Å²) in [5.74, 6) is 1.69. The van der Waals surface area contributed by atoms with Crippen molar-refractivity contribution in [1.29, 1.82) is 0 Å². The van der Waals surface area contributed by atoms with Gasteiger partial charge in [-0.1, -0.05) is 35.9 Å². The number of hydrogen-bond acceptors (Lipinski definition) is 4. The predicted octanol–water partition coefficient (Wildman–Crippen LogP) is 4.22. The van der Waals surface area contributed by atoms with E-state index >= 15 is 0 Å². The number of methoxy groups -OCH3 is 2. The van der Waals surface area contributed by atoms with Crippen LogP contribution in [0.5, 0.6) is 11.5 Å². The average molecular weight is 391 g/mol. The lowest BCUT2D eigenvalue weighted by molar-refractivity contribution is -0.111. The van der Waals surface area contributed by atoms with Crippen molar-refractivity contribution >= 4 is 17.8 Å². The maximum absolute atomic E-state index is 12.4. The van der Waals surface area contributed by atoms with Gasteiger partial charge in [0.1, 0.15) is 5.82 Å². The molecule has 2 aromatic carbocycles. The zero-order valence-corrected chi connectivity index (χ0v) is 17.1. The van der Waals surface area contributed by atoms with E-state index in [9.17, 15) is 4.79 Å². The number of aryl methyl sites for hydroxylation is 2. The highest BCUT2D eigenvalue weighted by Crippen LogP contribution is 2.31. The van der Waals surface area contributed by atoms with Crippen molar-refractivity contribution in [1.82, 2.24) is 9.78 Å². The maximum atomic E-state index is 12.4. The fourth-order valence-corrected chi connectivity index (χ4v) is 3.15. The van der Waals surface area contributed by atoms with Gasteiger partial charge >= 0.3 is 0 Å². The van der Waals surface area contributed by atoms with Crippen LogP contribution in [0.4, 0.5) is 5.82 Å². The fourth-order valence-electron chi connectivity index (χ4n) is 3.15. The lowest BCUT2D eigenvalue weighted by Crippen LogP contribution is -2.14. The molecular weight excluding hydrogens is 366 g/mol. The summed E-state index contributed by atoms with van der Waals surface area (Å²) in [6.07, 6.45) is 4.99. The first kappa shape index (κ1) is 20.2. The third-order valence-electron chi connectivity index (χ3n) is 4.61. The highest BCUT2D eigenvalue weighted by atomic mass is 16.5. The van der Waals surface area contributed by atoms with E-state index in [0.29, 0.717) is 23.9 Å². The summed E-state index contributed by atoms with van der Waals surface area (Å²) in [5.41, 5.74) is 4.24. The van der Waals surface area contributed by atoms with Crippen LogP contribution in [-0.4, -0.2) is 29.9 Å². The number of carbonyl (C=O) groups is 1. The minimum Gasteiger partial charge on any atom is -0.493 e. The van der Waals surface area contributed by atoms with E-state index < -0.39 is 0 Å². The Morgan fingerprint density at radius 3 is 2.69 bits per heavy atom. The van der Waals surface area contributed by atoms with Crippen molar-refractivity contribution in [2.45, 2.75) is 20.4 Å². The Bertz CT molecular complexity index is 1040. The van der Waals surface area contributed by atoms with Crippen molar-refractivity contribution in [3.63, 3.8) is 0 Å². The average Bonchev–Trinajstić information content (AvgIpc) is 3.13. The summed E-state index contributed by atoms with van der Waals surface area (Å²) >= 11 is 0. The number of aromatic nitrogens is 2. The van der Waals surface area contributed by atoms with Gasteiger partial charge in [0.05, 0.1) is 27.0 Å². The number of amides is 1. The Hall–Kier alpha value is -3.54. The van der Waals surface area contributed by atoms with Gasteiger partial charge in [-0.2, -0.15) is 5.10 Å². The first-order valence-electron chi connectivity index (χ1n) is 9.30. The molecule has 0 radical (unpaired) electrons. The van der Waals surface area contributed by atoms with Crippen LogP contribution in [0.1, 0.15) is 22.3 Å². The first-order valence-corrected chi connectivity index (χ1v) is 9.30. The van der Waals surface area contributed by atoms with E-state index in [2.05, 4.69) is 16.5 Å². The zero-order chi connectivity index (χ0) is 20.8. The summed E-state index contributed by atoms with van der Waals surface area (Å²) in [4.78, 5) is 12.4. The van der Waals surface area contributed by atoms with Gasteiger partial charge in [-0.3, -0.25) is 4.79 Å². The SMILES string of the molecule is COc1cccc(Cn2nccc2NC(=O)/C=C/c2ccc(C)cc2C)c1OC. The van der Waals surface area contributed by atoms with E-state index in [4.69, 9.17) is 9.47 Å². The van der Waals surface area contributed by atoms with Crippen LogP contribution < -0.4 is 14.8 Å². The second-order valence-electron chi connectivity index (χ2n) is 6.71. The molecule has 0 spiro atoms. The summed E-state index contributed by atoms with van der Waals surface area (Å²) in [6, 6.07) is 13.6. The molecule has 0 bridgehead atoms. The van der Waals surface area contributed by atoms with Crippen molar-refractivity contribution < 1.29 is 14.3 Å². The number of rotatable bonds is 7. The van der Waals surface area contributed by atoms with Crippen molar-refractivity contribution in [2.24, 2.45) is 0 Å². The van der Waals surface area contributed by atoms with Crippen molar-refractivity contribution in [3.8, 4) is 11.5 Å². The first-order chi connectivity index (χ1) is 14.0. The molecule has 0 aliphatic heterocycles. The Balaban J connectivity index is 1.74. The third kappa shape index (κ3) is 4.85. The largest absolute Gasteiger partial charge is 0.493 e. The van der Waals surface area contributed by atoms with Crippen LogP contribution in [0.15, 0.2) is 54.7 Å². The van der Waals surface area contributed by atoms with Crippen molar-refractivity contribution in [3.05, 3.63) is 77.0 Å². The van der Waals surface area contributed by atoms with Crippen LogP contribution in [0.3, 0.4) is 0 Å². The molecule has 1 heterocycles. The highest BCUT2D eigenvalue weighted by Gasteiger charge is 2.12. The second kappa shape index (κ2) is 9.10. The maximum Gasteiger partial charge on any atom is 0.249 e. The molecule has 1 N–H and O–H groups in total. The Morgan fingerprint density at radius 2 is 1.97 bits per heavy atom. The Kier molecular flexibility index (Phi) is 6.34. The van der Waals surface area contributed by atoms with Gasteiger partial charge in [0.2, 0.25) is 5.91 Å². The number of hydrogen-bond donors (Lipinski definition) is 1. The molecule has 0 saturated carbocycles. The highest BCUT2D eigenvalue weighted by molar-refractivity contribution is 6.01. The van der Waals surface area contributed by atoms with E-state index in [-0.39, 0.29) is 5.91 Å². The van der Waals surface area contributed by atoms with Gasteiger partial charge < -0.3 is 14.8 Å². The van der Waals surface area contributed by atoms with Gasteiger partial charge in [0.25, 0.3) is 0 Å². The second-order valence-corrected chi connectivity index (χ2v) is 6.71. The number of carbonyl (C=O) groups excluding carboxylic acids is 1. The minimum absolute atomic E-state index is 0.218. The van der Waals surface area contributed by atoms with Crippen LogP contribution in [0, 0.1) is 13.8 Å². The molecule has 6 nitrogen and oxygen atoms in total. The zero-order valence-electron chi connectivity index (χ0n) is 17.1. The lowest BCUT2D eigenvalue weighted by Gasteiger charge is -2.14. The van der Waals surface area contributed by atoms with Crippen LogP contribution >= 0.6 is 0 Å². The molecule has 0 aliphatic rings. The van der Waals surface area contributed by atoms with Crippen LogP contribution in [-0.2, 0) is 11.3 Å². The summed E-state index contributed by atoms with van der Waals surface area (Å²) in [7, 11) is 3.20. The van der Waals surface area contributed by atoms with Crippen LogP contribution in [0.2, 0.25) is 0 Å². The van der Waals surface area contributed by atoms with Crippen molar-refractivity contribution in [2.75, 3.05) is 19.5 Å². The molecule has 0 atom stereocenters. The molecule has 0 fully saturated rings. The summed E-state index contributed by atoms with van der Waals surface area (Å²) < 4.78 is 12.5. The lowest BCUT2D eigenvalue weighted by atomic mass is 10.1. The third-order valence-corrected chi connectivity index (χ3v) is 4.61. The monoisotopic (exact) mass is 391 g/mol. The van der Waals surface area contributed by atoms with Crippen LogP contribution in [0.25, 0.3) is 6.08 Å². The Labute approximate surface area is 170 Å². The molecule has 3 aromatic rings. The topological polar surface area (TPSA) is 65.4 Å². The van der Waals surface area contributed by atoms with Gasteiger partial charge in [0, 0.05) is 17.7 Å². The molecule has 1 aromatic heterocycles. The van der Waals surface area contributed by atoms with E-state index in [0.717, 1.165) is 16.7 Å². The number of para-hydroxylation sites is 1. The molecule has 0 unspecified atom stereocenters. The number of nitrogens with one attached hydrogen (secondary N) is 1. The molecule has 3 rings (SSSR count). The Morgan fingerprint density at radius 1 is 1.14 bits per heavy atom. The van der Waals surface area contributed by atoms with Gasteiger partial charge in [-0.15, -0.1) is 0 Å². The standard InChI is InChI=1S/C23H25N3O3/c1-16-8-9-18(17(2)14-16)10-11-22(27)25-21-12-13-24-26(21)15-19-6-5-7-20(28-3)23(19)29-4/h5-14H,15H2,1-4H3,(H,25,27)/b11-10+. The number of ether oxygens (including phenoxy) is 2. The minimum atomic E-state index is -0.218. The van der Waals surface area contributed by atoms with E-state index in [1.54, 1.807) is 31.2 Å². The van der Waals surface area contributed by atoms with E-state index in [1.807, 2.05) is 50.3 Å². The molecule has 1 amide bonds. The smallest absolute Gasteiger partial charge is 0.249 e. The normalized spacial score (nSPS) is 10.9. The summed E-state index contributed by atoms with van der Waals surface area (Å²) in [5, 5.41) is 7.20. The quantitative estimate of drug-likeness (QED) is 0.613.